The number of hydrogen-bond donors (Lipinski definition) is 1. The number of carbonyl (C=O) groups is 2. The van der Waals surface area contributed by atoms with Crippen LogP contribution in [-0.4, -0.2) is 36.2 Å². The lowest BCUT2D eigenvalue weighted by Gasteiger charge is -2.20. The van der Waals surface area contributed by atoms with Crippen molar-refractivity contribution in [2.24, 2.45) is 4.99 Å². The van der Waals surface area contributed by atoms with E-state index in [2.05, 4.69) is 15.3 Å². The second-order valence-corrected chi connectivity index (χ2v) is 6.70. The third-order valence-electron chi connectivity index (χ3n) is 4.68. The summed E-state index contributed by atoms with van der Waals surface area (Å²) in [5.74, 6) is 0.541. The topological polar surface area (TPSA) is 83.9 Å². The number of para-hydroxylation sites is 1. The number of carbonyl (C=O) groups excluding carboxylic acids is 2. The Morgan fingerprint density at radius 3 is 2.57 bits per heavy atom. The largest absolute Gasteiger partial charge is 0.497 e. The molecule has 1 aromatic heterocycles. The molecule has 0 atom stereocenters. The van der Waals surface area contributed by atoms with E-state index in [-0.39, 0.29) is 24.8 Å². The van der Waals surface area contributed by atoms with Gasteiger partial charge in [-0.1, -0.05) is 18.2 Å². The minimum atomic E-state index is -0.306. The van der Waals surface area contributed by atoms with E-state index >= 15 is 0 Å². The summed E-state index contributed by atoms with van der Waals surface area (Å²) in [6.07, 6.45) is 1.64. The highest BCUT2D eigenvalue weighted by Crippen LogP contribution is 2.31. The molecule has 1 aliphatic heterocycles. The number of aliphatic imine (C=N–C) groups is 1. The molecule has 2 heterocycles. The number of hydrogen-bond acceptors (Lipinski definition) is 5. The van der Waals surface area contributed by atoms with Crippen molar-refractivity contribution in [2.75, 3.05) is 23.9 Å². The van der Waals surface area contributed by atoms with Gasteiger partial charge in [0.1, 0.15) is 18.0 Å². The van der Waals surface area contributed by atoms with Crippen LogP contribution in [0.25, 0.3) is 0 Å². The fourth-order valence-electron chi connectivity index (χ4n) is 3.20. The zero-order valence-electron chi connectivity index (χ0n) is 16.4. The number of methoxy groups -OCH3 is 1. The highest BCUT2D eigenvalue weighted by Gasteiger charge is 2.27. The third-order valence-corrected chi connectivity index (χ3v) is 4.68. The number of nitrogens with one attached hydrogen (secondary N) is 1. The van der Waals surface area contributed by atoms with E-state index in [1.165, 1.54) is 4.90 Å². The highest BCUT2D eigenvalue weighted by atomic mass is 16.5. The van der Waals surface area contributed by atoms with Crippen molar-refractivity contribution in [3.63, 3.8) is 0 Å². The Hall–Kier alpha value is -4.00. The van der Waals surface area contributed by atoms with Gasteiger partial charge in [0.25, 0.3) is 0 Å². The van der Waals surface area contributed by atoms with Gasteiger partial charge in [0, 0.05) is 11.9 Å². The van der Waals surface area contributed by atoms with Crippen LogP contribution in [0, 0.1) is 0 Å². The van der Waals surface area contributed by atoms with Gasteiger partial charge in [-0.25, -0.2) is 9.98 Å². The minimum Gasteiger partial charge on any atom is -0.497 e. The molecule has 0 fully saturated rings. The smallest absolute Gasteiger partial charge is 0.244 e. The third kappa shape index (κ3) is 4.20. The molecule has 30 heavy (non-hydrogen) atoms. The molecule has 2 aromatic carbocycles. The normalized spacial score (nSPS) is 13.2. The first-order valence-corrected chi connectivity index (χ1v) is 9.46. The van der Waals surface area contributed by atoms with Crippen molar-refractivity contribution >= 4 is 34.7 Å². The van der Waals surface area contributed by atoms with Crippen molar-refractivity contribution < 1.29 is 14.3 Å². The van der Waals surface area contributed by atoms with Gasteiger partial charge >= 0.3 is 0 Å². The van der Waals surface area contributed by atoms with Gasteiger partial charge in [0.15, 0.2) is 5.82 Å². The molecular formula is C23H20N4O3. The van der Waals surface area contributed by atoms with Gasteiger partial charge in [0.2, 0.25) is 11.8 Å². The van der Waals surface area contributed by atoms with E-state index in [1.54, 1.807) is 37.6 Å². The standard InChI is InChI=1S/C23H20N4O3/c1-30-18-11-9-16(10-12-18)20-14-22(29)27(23-19(26-20)8-5-13-24-23)15-21(28)25-17-6-3-2-4-7-17/h2-13H,14-15H2,1H3,(H,25,28). The molecule has 0 spiro atoms. The van der Waals surface area contributed by atoms with Crippen LogP contribution in [0.5, 0.6) is 5.75 Å². The lowest BCUT2D eigenvalue weighted by atomic mass is 10.1. The lowest BCUT2D eigenvalue weighted by Crippen LogP contribution is -2.38. The van der Waals surface area contributed by atoms with Gasteiger partial charge in [0.05, 0.1) is 19.2 Å². The lowest BCUT2D eigenvalue weighted by molar-refractivity contribution is -0.120. The number of benzene rings is 2. The van der Waals surface area contributed by atoms with Crippen LogP contribution in [0.3, 0.4) is 0 Å². The number of ether oxygens (including phenoxy) is 1. The second-order valence-electron chi connectivity index (χ2n) is 6.70. The number of pyridine rings is 1. The molecule has 150 valence electrons. The van der Waals surface area contributed by atoms with E-state index in [9.17, 15) is 9.59 Å². The number of amides is 2. The summed E-state index contributed by atoms with van der Waals surface area (Å²) in [6, 6.07) is 20.0. The van der Waals surface area contributed by atoms with Gasteiger partial charge in [-0.3, -0.25) is 14.5 Å². The quantitative estimate of drug-likeness (QED) is 0.709. The molecule has 1 aliphatic rings. The highest BCUT2D eigenvalue weighted by molar-refractivity contribution is 6.18. The van der Waals surface area contributed by atoms with Gasteiger partial charge in [-0.05, 0) is 54.1 Å². The molecule has 0 saturated carbocycles. The van der Waals surface area contributed by atoms with Crippen LogP contribution < -0.4 is 15.0 Å². The molecule has 0 radical (unpaired) electrons. The first-order valence-electron chi connectivity index (χ1n) is 9.46. The second kappa shape index (κ2) is 8.57. The van der Waals surface area contributed by atoms with Crippen molar-refractivity contribution in [3.8, 4) is 5.75 Å². The number of aromatic nitrogens is 1. The predicted molar refractivity (Wildman–Crippen MR) is 115 cm³/mol. The van der Waals surface area contributed by atoms with E-state index < -0.39 is 0 Å². The number of rotatable bonds is 5. The Kier molecular flexibility index (Phi) is 5.52. The van der Waals surface area contributed by atoms with Gasteiger partial charge in [-0.15, -0.1) is 0 Å². The molecule has 0 bridgehead atoms. The molecule has 7 nitrogen and oxygen atoms in total. The summed E-state index contributed by atoms with van der Waals surface area (Å²) in [7, 11) is 1.60. The maximum atomic E-state index is 13.1. The Morgan fingerprint density at radius 1 is 1.07 bits per heavy atom. The first-order chi connectivity index (χ1) is 14.6. The maximum absolute atomic E-state index is 13.1. The van der Waals surface area contributed by atoms with Crippen LogP contribution in [0.2, 0.25) is 0 Å². The van der Waals surface area contributed by atoms with Crippen LogP contribution in [0.4, 0.5) is 17.2 Å². The number of fused-ring (bicyclic) bond motifs is 1. The van der Waals surface area contributed by atoms with Crippen molar-refractivity contribution in [1.82, 2.24) is 4.98 Å². The Labute approximate surface area is 174 Å². The minimum absolute atomic E-state index is 0.0569. The Bertz CT molecular complexity index is 1090. The molecule has 4 rings (SSSR count). The van der Waals surface area contributed by atoms with Crippen molar-refractivity contribution in [3.05, 3.63) is 78.5 Å². The summed E-state index contributed by atoms with van der Waals surface area (Å²) >= 11 is 0. The average molecular weight is 400 g/mol. The van der Waals surface area contributed by atoms with E-state index in [1.807, 2.05) is 42.5 Å². The van der Waals surface area contributed by atoms with Crippen LogP contribution in [0.1, 0.15) is 12.0 Å². The summed E-state index contributed by atoms with van der Waals surface area (Å²) in [6.45, 7) is -0.150. The molecule has 0 aliphatic carbocycles. The monoisotopic (exact) mass is 400 g/mol. The molecule has 2 amide bonds. The summed E-state index contributed by atoms with van der Waals surface area (Å²) in [5, 5.41) is 2.80. The first kappa shape index (κ1) is 19.3. The Morgan fingerprint density at radius 2 is 1.83 bits per heavy atom. The van der Waals surface area contributed by atoms with E-state index in [4.69, 9.17) is 4.74 Å². The van der Waals surface area contributed by atoms with Gasteiger partial charge < -0.3 is 10.1 Å². The fraction of sp³-hybridized carbons (Fsp3) is 0.130. The zero-order chi connectivity index (χ0) is 20.9. The molecular weight excluding hydrogens is 380 g/mol. The van der Waals surface area contributed by atoms with E-state index in [0.29, 0.717) is 22.9 Å². The number of anilines is 2. The fourth-order valence-corrected chi connectivity index (χ4v) is 3.20. The maximum Gasteiger partial charge on any atom is 0.244 e. The van der Waals surface area contributed by atoms with Crippen LogP contribution in [-0.2, 0) is 9.59 Å². The Balaban J connectivity index is 1.61. The molecule has 3 aromatic rings. The summed E-state index contributed by atoms with van der Waals surface area (Å²) < 4.78 is 5.20. The predicted octanol–water partition coefficient (Wildman–Crippen LogP) is 3.59. The zero-order valence-corrected chi connectivity index (χ0v) is 16.4. The van der Waals surface area contributed by atoms with Crippen molar-refractivity contribution in [2.45, 2.75) is 6.42 Å². The average Bonchev–Trinajstić information content (AvgIpc) is 2.91. The number of nitrogens with zero attached hydrogens (tertiary/aromatic N) is 3. The van der Waals surface area contributed by atoms with E-state index in [0.717, 1.165) is 11.3 Å². The molecule has 7 heteroatoms. The molecule has 1 N–H and O–H groups in total. The SMILES string of the molecule is COc1ccc(C2=Nc3cccnc3N(CC(=O)Nc3ccccc3)C(=O)C2)cc1. The summed E-state index contributed by atoms with van der Waals surface area (Å²) in [5.41, 5.74) is 2.64. The molecule has 0 unspecified atom stereocenters. The van der Waals surface area contributed by atoms with Crippen molar-refractivity contribution in [1.29, 1.82) is 0 Å². The van der Waals surface area contributed by atoms with Crippen LogP contribution >= 0.6 is 0 Å². The van der Waals surface area contributed by atoms with Crippen LogP contribution in [0.15, 0.2) is 77.9 Å². The molecule has 0 saturated heterocycles. The summed E-state index contributed by atoms with van der Waals surface area (Å²) in [4.78, 5) is 36.0. The van der Waals surface area contributed by atoms with Gasteiger partial charge in [-0.2, -0.15) is 0 Å².